The van der Waals surface area contributed by atoms with Crippen LogP contribution in [0.1, 0.15) is 5.76 Å². The summed E-state index contributed by atoms with van der Waals surface area (Å²) in [5.74, 6) is -0.736. The fraction of sp³-hybridized carbons (Fsp3) is 0.111. The van der Waals surface area contributed by atoms with E-state index in [1.54, 1.807) is 0 Å². The Balaban J connectivity index is 2.31. The normalized spacial score (nSPS) is 11.7. The van der Waals surface area contributed by atoms with Gasteiger partial charge in [0.15, 0.2) is 11.5 Å². The molecule has 11 heteroatoms. The molecule has 2 rings (SSSR count). The summed E-state index contributed by atoms with van der Waals surface area (Å²) < 4.78 is 20.8. The monoisotopic (exact) mass is 303 g/mol. The van der Waals surface area contributed by atoms with Crippen LogP contribution in [0.25, 0.3) is 5.88 Å². The summed E-state index contributed by atoms with van der Waals surface area (Å²) in [7, 11) is -4.70. The summed E-state index contributed by atoms with van der Waals surface area (Å²) in [4.78, 5) is 32.1. The third kappa shape index (κ3) is 3.25. The summed E-state index contributed by atoms with van der Waals surface area (Å²) >= 11 is 0. The van der Waals surface area contributed by atoms with E-state index >= 15 is 0 Å². The van der Waals surface area contributed by atoms with Crippen molar-refractivity contribution in [1.82, 2.24) is 9.55 Å². The van der Waals surface area contributed by atoms with E-state index in [1.165, 1.54) is 12.3 Å². The van der Waals surface area contributed by atoms with Gasteiger partial charge in [0, 0.05) is 12.3 Å². The Kier molecular flexibility index (Phi) is 3.64. The van der Waals surface area contributed by atoms with Crippen LogP contribution in [-0.2, 0) is 15.7 Å². The zero-order valence-corrected chi connectivity index (χ0v) is 10.7. The molecule has 0 saturated carbocycles. The van der Waals surface area contributed by atoms with Crippen LogP contribution < -0.4 is 11.4 Å². The first-order valence-electron chi connectivity index (χ1n) is 5.13. The summed E-state index contributed by atoms with van der Waals surface area (Å²) in [6, 6.07) is 2.42. The second-order valence-corrected chi connectivity index (χ2v) is 4.90. The molecule has 0 atom stereocenters. The van der Waals surface area contributed by atoms with Crippen molar-refractivity contribution in [2.75, 3.05) is 5.73 Å². The molecule has 2 heterocycles. The van der Waals surface area contributed by atoms with Crippen LogP contribution in [0.15, 0.2) is 27.5 Å². The van der Waals surface area contributed by atoms with Gasteiger partial charge in [-0.1, -0.05) is 0 Å². The number of furan rings is 1. The SMILES string of the molecule is Nc1ccn(-c2cc(O)c(COP(=O)(O)O)o2)c(=O)n1. The molecule has 20 heavy (non-hydrogen) atoms. The first-order chi connectivity index (χ1) is 9.26. The van der Waals surface area contributed by atoms with E-state index in [2.05, 4.69) is 9.51 Å². The molecular formula is C9H10N3O7P. The number of aromatic nitrogens is 2. The van der Waals surface area contributed by atoms with Gasteiger partial charge in [0.05, 0.1) is 0 Å². The first kappa shape index (κ1) is 14.3. The topological polar surface area (TPSA) is 161 Å². The molecule has 10 nitrogen and oxygen atoms in total. The maximum atomic E-state index is 11.6. The minimum absolute atomic E-state index is 0.0204. The smallest absolute Gasteiger partial charge is 0.470 e. The summed E-state index contributed by atoms with van der Waals surface area (Å²) in [5, 5.41) is 9.55. The molecule has 0 radical (unpaired) electrons. The fourth-order valence-electron chi connectivity index (χ4n) is 1.35. The van der Waals surface area contributed by atoms with Crippen molar-refractivity contribution in [3.05, 3.63) is 34.6 Å². The summed E-state index contributed by atoms with van der Waals surface area (Å²) in [6.07, 6.45) is 1.27. The van der Waals surface area contributed by atoms with Gasteiger partial charge < -0.3 is 25.0 Å². The average Bonchev–Trinajstić information content (AvgIpc) is 2.67. The molecule has 0 aromatic carbocycles. The number of nitrogens with zero attached hydrogens (tertiary/aromatic N) is 2. The highest BCUT2D eigenvalue weighted by Crippen LogP contribution is 2.38. The number of hydrogen-bond donors (Lipinski definition) is 4. The van der Waals surface area contributed by atoms with Gasteiger partial charge in [-0.3, -0.25) is 4.52 Å². The van der Waals surface area contributed by atoms with Crippen LogP contribution in [0, 0.1) is 0 Å². The molecule has 0 saturated heterocycles. The van der Waals surface area contributed by atoms with E-state index in [9.17, 15) is 14.5 Å². The van der Waals surface area contributed by atoms with Gasteiger partial charge in [-0.25, -0.2) is 13.9 Å². The number of nitrogen functional groups attached to an aromatic ring is 1. The second-order valence-electron chi connectivity index (χ2n) is 3.66. The minimum atomic E-state index is -4.70. The van der Waals surface area contributed by atoms with Crippen LogP contribution in [-0.4, -0.2) is 24.4 Å². The molecule has 0 aliphatic carbocycles. The molecule has 2 aromatic rings. The van der Waals surface area contributed by atoms with Crippen molar-refractivity contribution in [2.24, 2.45) is 0 Å². The Hall–Kier alpha value is -2.13. The Morgan fingerprint density at radius 3 is 2.80 bits per heavy atom. The van der Waals surface area contributed by atoms with Crippen molar-refractivity contribution >= 4 is 13.6 Å². The molecule has 2 aromatic heterocycles. The predicted octanol–water partition coefficient (Wildman–Crippen LogP) is -0.277. The summed E-state index contributed by atoms with van der Waals surface area (Å²) in [5.41, 5.74) is 4.59. The van der Waals surface area contributed by atoms with Crippen LogP contribution in [0.4, 0.5) is 5.82 Å². The van der Waals surface area contributed by atoms with Crippen molar-refractivity contribution < 1.29 is 28.4 Å². The van der Waals surface area contributed by atoms with Gasteiger partial charge in [0.2, 0.25) is 5.88 Å². The zero-order chi connectivity index (χ0) is 14.9. The number of anilines is 1. The van der Waals surface area contributed by atoms with Crippen LogP contribution in [0.2, 0.25) is 0 Å². The molecule has 108 valence electrons. The standard InChI is InChI=1S/C9H10N3O7P/c10-7-1-2-12(9(14)11-7)8-3-5(13)6(19-8)4-18-20(15,16)17/h1-3,13H,4H2,(H2,10,11,14)(H2,15,16,17). The molecule has 5 N–H and O–H groups in total. The third-order valence-corrected chi connectivity index (χ3v) is 2.67. The van der Waals surface area contributed by atoms with Crippen LogP contribution >= 0.6 is 7.82 Å². The highest BCUT2D eigenvalue weighted by molar-refractivity contribution is 7.46. The Morgan fingerprint density at radius 1 is 1.50 bits per heavy atom. The predicted molar refractivity (Wildman–Crippen MR) is 65.0 cm³/mol. The van der Waals surface area contributed by atoms with E-state index in [0.717, 1.165) is 10.6 Å². The van der Waals surface area contributed by atoms with E-state index in [0.29, 0.717) is 0 Å². The lowest BCUT2D eigenvalue weighted by atomic mass is 10.4. The van der Waals surface area contributed by atoms with Crippen molar-refractivity contribution in [2.45, 2.75) is 6.61 Å². The maximum absolute atomic E-state index is 11.6. The Labute approximate surface area is 111 Å². The van der Waals surface area contributed by atoms with E-state index < -0.39 is 25.9 Å². The Bertz CT molecular complexity index is 731. The van der Waals surface area contributed by atoms with Gasteiger partial charge >= 0.3 is 13.5 Å². The highest BCUT2D eigenvalue weighted by Gasteiger charge is 2.19. The van der Waals surface area contributed by atoms with Crippen molar-refractivity contribution in [3.63, 3.8) is 0 Å². The number of phosphoric acid groups is 1. The van der Waals surface area contributed by atoms with Crippen molar-refractivity contribution in [1.29, 1.82) is 0 Å². The lowest BCUT2D eigenvalue weighted by Gasteiger charge is -2.03. The molecule has 0 fully saturated rings. The number of nitrogens with two attached hydrogens (primary N) is 1. The molecule has 0 aliphatic heterocycles. The van der Waals surface area contributed by atoms with Crippen LogP contribution in [0.3, 0.4) is 0 Å². The van der Waals surface area contributed by atoms with E-state index in [4.69, 9.17) is 19.9 Å². The molecule has 0 bridgehead atoms. The number of rotatable bonds is 4. The summed E-state index contributed by atoms with van der Waals surface area (Å²) in [6.45, 7) is -0.659. The van der Waals surface area contributed by atoms with Gasteiger partial charge in [-0.05, 0) is 6.07 Å². The van der Waals surface area contributed by atoms with Gasteiger partial charge in [0.25, 0.3) is 0 Å². The van der Waals surface area contributed by atoms with Gasteiger partial charge in [-0.15, -0.1) is 0 Å². The number of hydrogen-bond acceptors (Lipinski definition) is 7. The Morgan fingerprint density at radius 2 is 2.20 bits per heavy atom. The fourth-order valence-corrected chi connectivity index (χ4v) is 1.64. The minimum Gasteiger partial charge on any atom is -0.504 e. The average molecular weight is 303 g/mol. The quantitative estimate of drug-likeness (QED) is 0.556. The lowest BCUT2D eigenvalue weighted by molar-refractivity contribution is 0.173. The molecule has 0 spiro atoms. The van der Waals surface area contributed by atoms with Gasteiger partial charge in [0.1, 0.15) is 12.4 Å². The molecular weight excluding hydrogens is 293 g/mol. The van der Waals surface area contributed by atoms with Crippen molar-refractivity contribution in [3.8, 4) is 11.6 Å². The van der Waals surface area contributed by atoms with E-state index in [-0.39, 0.29) is 17.5 Å². The van der Waals surface area contributed by atoms with Gasteiger partial charge in [-0.2, -0.15) is 4.98 Å². The lowest BCUT2D eigenvalue weighted by Crippen LogP contribution is -2.21. The highest BCUT2D eigenvalue weighted by atomic mass is 31.2. The molecule has 0 aliphatic rings. The molecule has 0 amide bonds. The third-order valence-electron chi connectivity index (χ3n) is 2.20. The van der Waals surface area contributed by atoms with Crippen LogP contribution in [0.5, 0.6) is 5.75 Å². The largest absolute Gasteiger partial charge is 0.504 e. The zero-order valence-electron chi connectivity index (χ0n) is 9.83. The second kappa shape index (κ2) is 5.10. The number of aromatic hydroxyl groups is 1. The number of phosphoric ester groups is 1. The van der Waals surface area contributed by atoms with E-state index in [1.807, 2.05) is 0 Å². The first-order valence-corrected chi connectivity index (χ1v) is 6.66. The molecule has 0 unspecified atom stereocenters. The maximum Gasteiger partial charge on any atom is 0.470 e.